The lowest BCUT2D eigenvalue weighted by atomic mass is 9.93. The lowest BCUT2D eigenvalue weighted by Gasteiger charge is -2.37. The summed E-state index contributed by atoms with van der Waals surface area (Å²) in [5.74, 6) is 1.45. The Morgan fingerprint density at radius 1 is 1.18 bits per heavy atom. The summed E-state index contributed by atoms with van der Waals surface area (Å²) in [5.41, 5.74) is 0. The zero-order chi connectivity index (χ0) is 12.3. The minimum atomic E-state index is 0.159. The molecule has 1 saturated carbocycles. The molecule has 98 valence electrons. The van der Waals surface area contributed by atoms with Crippen LogP contribution in [0.15, 0.2) is 0 Å². The van der Waals surface area contributed by atoms with Gasteiger partial charge in [-0.25, -0.2) is 0 Å². The van der Waals surface area contributed by atoms with Crippen LogP contribution in [0.4, 0.5) is 0 Å². The van der Waals surface area contributed by atoms with Crippen molar-refractivity contribution in [1.29, 1.82) is 0 Å². The van der Waals surface area contributed by atoms with Gasteiger partial charge in [0.1, 0.15) is 0 Å². The highest BCUT2D eigenvalue weighted by atomic mass is 35.5. The lowest BCUT2D eigenvalue weighted by molar-refractivity contribution is -0.132. The molecule has 2 fully saturated rings. The largest absolute Gasteiger partial charge is 0.340 e. The number of rotatable bonds is 2. The summed E-state index contributed by atoms with van der Waals surface area (Å²) in [5, 5.41) is 0.353. The molecule has 0 N–H and O–H groups in total. The maximum Gasteiger partial charge on any atom is 0.235 e. The summed E-state index contributed by atoms with van der Waals surface area (Å²) >= 11 is 8.19. The molecular formula is C13H22ClNOS. The second kappa shape index (κ2) is 6.33. The van der Waals surface area contributed by atoms with Gasteiger partial charge in [-0.1, -0.05) is 19.3 Å². The Kier molecular flexibility index (Phi) is 5.04. The average Bonchev–Trinajstić information content (AvgIpc) is 2.39. The first-order valence-electron chi connectivity index (χ1n) is 6.72. The number of hydrogen-bond acceptors (Lipinski definition) is 2. The molecule has 3 atom stereocenters. The molecular weight excluding hydrogens is 254 g/mol. The third kappa shape index (κ3) is 3.31. The van der Waals surface area contributed by atoms with E-state index in [2.05, 4.69) is 0 Å². The van der Waals surface area contributed by atoms with Crippen LogP contribution in [-0.4, -0.2) is 40.3 Å². The number of carbonyl (C=O) groups is 1. The van der Waals surface area contributed by atoms with Gasteiger partial charge in [0.2, 0.25) is 5.91 Å². The molecule has 1 amide bonds. The molecule has 2 aliphatic rings. The van der Waals surface area contributed by atoms with E-state index in [1.54, 1.807) is 0 Å². The van der Waals surface area contributed by atoms with Crippen LogP contribution in [0.3, 0.4) is 0 Å². The van der Waals surface area contributed by atoms with Gasteiger partial charge in [-0.15, -0.1) is 23.4 Å². The molecule has 0 aromatic rings. The third-order valence-electron chi connectivity index (χ3n) is 3.95. The Labute approximate surface area is 113 Å². The lowest BCUT2D eigenvalue weighted by Crippen LogP contribution is -2.47. The second-order valence-corrected chi connectivity index (χ2v) is 7.04. The van der Waals surface area contributed by atoms with Crippen LogP contribution >= 0.6 is 23.4 Å². The van der Waals surface area contributed by atoms with Crippen molar-refractivity contribution in [2.75, 3.05) is 12.8 Å². The molecule has 0 aromatic heterocycles. The van der Waals surface area contributed by atoms with Gasteiger partial charge in [-0.05, 0) is 31.4 Å². The van der Waals surface area contributed by atoms with E-state index < -0.39 is 0 Å². The van der Waals surface area contributed by atoms with Gasteiger partial charge in [-0.3, -0.25) is 4.79 Å². The van der Waals surface area contributed by atoms with Gasteiger partial charge in [0.05, 0.1) is 10.6 Å². The molecule has 17 heavy (non-hydrogen) atoms. The Morgan fingerprint density at radius 3 is 2.53 bits per heavy atom. The van der Waals surface area contributed by atoms with Crippen LogP contribution in [0, 0.1) is 0 Å². The van der Waals surface area contributed by atoms with Crippen molar-refractivity contribution in [3.05, 3.63) is 0 Å². The van der Waals surface area contributed by atoms with Gasteiger partial charge in [0.15, 0.2) is 0 Å². The first-order valence-corrected chi connectivity index (χ1v) is 8.21. The first kappa shape index (κ1) is 13.5. The average molecular weight is 276 g/mol. The van der Waals surface area contributed by atoms with E-state index in [0.29, 0.717) is 5.91 Å². The number of hydrogen-bond donors (Lipinski definition) is 0. The van der Waals surface area contributed by atoms with E-state index in [-0.39, 0.29) is 16.7 Å². The van der Waals surface area contributed by atoms with Crippen molar-refractivity contribution >= 4 is 29.3 Å². The van der Waals surface area contributed by atoms with Gasteiger partial charge >= 0.3 is 0 Å². The molecule has 0 bridgehead atoms. The van der Waals surface area contributed by atoms with E-state index in [1.165, 1.54) is 25.7 Å². The summed E-state index contributed by atoms with van der Waals surface area (Å²) < 4.78 is 0. The smallest absolute Gasteiger partial charge is 0.235 e. The maximum atomic E-state index is 12.4. The zero-order valence-corrected chi connectivity index (χ0v) is 12.1. The number of carbonyl (C=O) groups excluding carboxylic acids is 1. The van der Waals surface area contributed by atoms with E-state index in [1.807, 2.05) is 23.7 Å². The third-order valence-corrected chi connectivity index (χ3v) is 5.82. The van der Waals surface area contributed by atoms with E-state index in [4.69, 9.17) is 11.6 Å². The van der Waals surface area contributed by atoms with Crippen molar-refractivity contribution in [3.63, 3.8) is 0 Å². The highest BCUT2D eigenvalue weighted by molar-refractivity contribution is 8.00. The fourth-order valence-corrected chi connectivity index (χ4v) is 4.58. The molecule has 1 heterocycles. The topological polar surface area (TPSA) is 20.3 Å². The van der Waals surface area contributed by atoms with Crippen LogP contribution in [-0.2, 0) is 4.79 Å². The number of halogens is 1. The molecule has 2 nitrogen and oxygen atoms in total. The van der Waals surface area contributed by atoms with Crippen LogP contribution in [0.5, 0.6) is 0 Å². The summed E-state index contributed by atoms with van der Waals surface area (Å²) in [6, 6.07) is 0.264. The van der Waals surface area contributed by atoms with Crippen molar-refractivity contribution < 1.29 is 4.79 Å². The van der Waals surface area contributed by atoms with Crippen LogP contribution < -0.4 is 0 Å². The minimum Gasteiger partial charge on any atom is -0.340 e. The molecule has 1 aliphatic carbocycles. The van der Waals surface area contributed by atoms with Crippen molar-refractivity contribution in [3.8, 4) is 0 Å². The Morgan fingerprint density at radius 2 is 1.88 bits per heavy atom. The zero-order valence-electron chi connectivity index (χ0n) is 10.5. The van der Waals surface area contributed by atoms with Crippen LogP contribution in [0.1, 0.15) is 44.9 Å². The highest BCUT2D eigenvalue weighted by Gasteiger charge is 2.33. The van der Waals surface area contributed by atoms with Crippen molar-refractivity contribution in [2.45, 2.75) is 61.6 Å². The maximum absolute atomic E-state index is 12.4. The molecule has 4 heteroatoms. The van der Waals surface area contributed by atoms with E-state index in [9.17, 15) is 4.79 Å². The fraction of sp³-hybridized carbons (Fsp3) is 0.923. The standard InChI is InChI=1S/C13H22ClNOS/c1-15(11-7-3-2-6-10(11)14)13(16)12-8-4-5-9-17-12/h10-12H,2-9H2,1H3. The normalized spacial score (nSPS) is 34.4. The molecule has 3 unspecified atom stereocenters. The molecule has 1 saturated heterocycles. The Balaban J connectivity index is 1.92. The predicted molar refractivity (Wildman–Crippen MR) is 74.8 cm³/mol. The Hall–Kier alpha value is 0.110. The highest BCUT2D eigenvalue weighted by Crippen LogP contribution is 2.31. The van der Waals surface area contributed by atoms with Crippen molar-refractivity contribution in [1.82, 2.24) is 4.90 Å². The number of amides is 1. The van der Waals surface area contributed by atoms with E-state index >= 15 is 0 Å². The Bertz CT molecular complexity index is 268. The summed E-state index contributed by atoms with van der Waals surface area (Å²) in [6.07, 6.45) is 8.07. The fourth-order valence-electron chi connectivity index (χ4n) is 2.83. The predicted octanol–water partition coefficient (Wildman–Crippen LogP) is 3.28. The van der Waals surface area contributed by atoms with Crippen molar-refractivity contribution in [2.24, 2.45) is 0 Å². The van der Waals surface area contributed by atoms with Gasteiger partial charge < -0.3 is 4.90 Å². The molecule has 2 rings (SSSR count). The molecule has 0 spiro atoms. The summed E-state index contributed by atoms with van der Waals surface area (Å²) in [4.78, 5) is 14.3. The van der Waals surface area contributed by atoms with Crippen LogP contribution in [0.25, 0.3) is 0 Å². The number of thioether (sulfide) groups is 1. The minimum absolute atomic E-state index is 0.159. The monoisotopic (exact) mass is 275 g/mol. The number of alkyl halides is 1. The molecule has 0 aromatic carbocycles. The second-order valence-electron chi connectivity index (χ2n) is 5.17. The van der Waals surface area contributed by atoms with Gasteiger partial charge in [0.25, 0.3) is 0 Å². The summed E-state index contributed by atoms with van der Waals surface area (Å²) in [6.45, 7) is 0. The van der Waals surface area contributed by atoms with Gasteiger partial charge in [-0.2, -0.15) is 0 Å². The van der Waals surface area contributed by atoms with Gasteiger partial charge in [0, 0.05) is 13.1 Å². The quantitative estimate of drug-likeness (QED) is 0.721. The first-order chi connectivity index (χ1) is 8.20. The number of nitrogens with zero attached hydrogens (tertiary/aromatic N) is 1. The molecule has 0 radical (unpaired) electrons. The SMILES string of the molecule is CN(C(=O)C1CCCCS1)C1CCCCC1Cl. The van der Waals surface area contributed by atoms with E-state index in [0.717, 1.165) is 25.0 Å². The summed E-state index contributed by atoms with van der Waals surface area (Å²) in [7, 11) is 1.95. The molecule has 1 aliphatic heterocycles. The van der Waals surface area contributed by atoms with Crippen LogP contribution in [0.2, 0.25) is 0 Å².